The van der Waals surface area contributed by atoms with E-state index in [9.17, 15) is 4.79 Å². The molecule has 0 fully saturated rings. The molecule has 4 aliphatic rings. The summed E-state index contributed by atoms with van der Waals surface area (Å²) in [6.45, 7) is 14.9. The molecule has 4 unspecified atom stereocenters. The van der Waals surface area contributed by atoms with Crippen LogP contribution in [0, 0.1) is 6.92 Å². The number of amides is 1. The van der Waals surface area contributed by atoms with Crippen LogP contribution >= 0.6 is 0 Å². The van der Waals surface area contributed by atoms with Gasteiger partial charge in [0.2, 0.25) is 0 Å². The fourth-order valence-electron chi connectivity index (χ4n) is 10.6. The van der Waals surface area contributed by atoms with Gasteiger partial charge < -0.3 is 34.5 Å². The number of amidine groups is 1. The zero-order valence-electron chi connectivity index (χ0n) is 45.0. The number of hydrogen-bond acceptors (Lipinski definition) is 14. The van der Waals surface area contributed by atoms with Crippen molar-refractivity contribution in [1.82, 2.24) is 30.3 Å². The summed E-state index contributed by atoms with van der Waals surface area (Å²) in [7, 11) is 8.38. The maximum atomic E-state index is 12.5. The van der Waals surface area contributed by atoms with Gasteiger partial charge in [-0.2, -0.15) is 5.10 Å². The molecule has 4 aromatic carbocycles. The summed E-state index contributed by atoms with van der Waals surface area (Å²) in [5.41, 5.74) is 12.9. The largest absolute Gasteiger partial charge is 0.493 e. The Balaban J connectivity index is 0.000000148. The number of hydrogen-bond donors (Lipinski definition) is 2. The number of carbonyl (C=O) groups excluding carboxylic acids is 1. The summed E-state index contributed by atoms with van der Waals surface area (Å²) in [6, 6.07) is 22.9. The second-order valence-corrected chi connectivity index (χ2v) is 19.3. The highest BCUT2D eigenvalue weighted by Gasteiger charge is 2.43. The number of fused-ring (bicyclic) bond motifs is 4. The Morgan fingerprint density at radius 2 is 1.50 bits per heavy atom. The van der Waals surface area contributed by atoms with E-state index in [0.29, 0.717) is 35.3 Å². The third-order valence-corrected chi connectivity index (χ3v) is 14.2. The molecule has 4 atom stereocenters. The maximum Gasteiger partial charge on any atom is 0.252 e. The molecule has 15 heteroatoms. The number of anilines is 2. The summed E-state index contributed by atoms with van der Waals surface area (Å²) >= 11 is 0. The van der Waals surface area contributed by atoms with Gasteiger partial charge in [-0.1, -0.05) is 72.5 Å². The van der Waals surface area contributed by atoms with Crippen molar-refractivity contribution >= 4 is 50.8 Å². The number of benzene rings is 4. The predicted molar refractivity (Wildman–Crippen MR) is 298 cm³/mol. The molecule has 0 saturated heterocycles. The van der Waals surface area contributed by atoms with Gasteiger partial charge in [-0.05, 0) is 120 Å². The van der Waals surface area contributed by atoms with Crippen LogP contribution in [0.1, 0.15) is 101 Å². The minimum atomic E-state index is -0.301. The van der Waals surface area contributed by atoms with Gasteiger partial charge in [0.15, 0.2) is 29.0 Å². The number of rotatable bonds is 16. The molecule has 2 aliphatic carbocycles. The van der Waals surface area contributed by atoms with Crippen LogP contribution < -0.4 is 34.5 Å². The van der Waals surface area contributed by atoms with Crippen LogP contribution in [0.15, 0.2) is 113 Å². The Kier molecular flexibility index (Phi) is 17.1. The van der Waals surface area contributed by atoms with Crippen LogP contribution in [0.4, 0.5) is 11.5 Å². The second-order valence-electron chi connectivity index (χ2n) is 19.3. The van der Waals surface area contributed by atoms with Crippen molar-refractivity contribution < 1.29 is 23.7 Å². The molecule has 74 heavy (non-hydrogen) atoms. The van der Waals surface area contributed by atoms with Gasteiger partial charge in [-0.3, -0.25) is 14.8 Å². The van der Waals surface area contributed by atoms with Crippen molar-refractivity contribution in [2.75, 3.05) is 58.8 Å². The Morgan fingerprint density at radius 1 is 0.824 bits per heavy atom. The molecule has 15 nitrogen and oxygen atoms in total. The van der Waals surface area contributed by atoms with Gasteiger partial charge in [-0.15, -0.1) is 0 Å². The lowest BCUT2D eigenvalue weighted by molar-refractivity contribution is -0.124. The van der Waals surface area contributed by atoms with Crippen molar-refractivity contribution in [3.8, 4) is 23.0 Å². The number of carbonyl (C=O) groups is 1. The zero-order valence-corrected chi connectivity index (χ0v) is 45.0. The first-order chi connectivity index (χ1) is 35.9. The average molecular weight is 1000 g/mol. The first-order valence-electron chi connectivity index (χ1n) is 25.9. The third kappa shape index (κ3) is 11.5. The number of likely N-dealkylation sites (N-methyl/N-ethyl adjacent to an activating group) is 1. The van der Waals surface area contributed by atoms with Crippen LogP contribution in [-0.4, -0.2) is 109 Å². The lowest BCUT2D eigenvalue weighted by atomic mass is 9.93. The highest BCUT2D eigenvalue weighted by molar-refractivity contribution is 6.09. The molecule has 2 aliphatic heterocycles. The van der Waals surface area contributed by atoms with Crippen molar-refractivity contribution in [2.24, 2.45) is 10.1 Å². The number of aliphatic imine (C=N–C) groups is 1. The lowest BCUT2D eigenvalue weighted by Gasteiger charge is -2.27. The van der Waals surface area contributed by atoms with Gasteiger partial charge in [0.05, 0.1) is 39.8 Å². The second kappa shape index (κ2) is 24.0. The normalized spacial score (nSPS) is 17.8. The molecule has 2 aromatic heterocycles. The van der Waals surface area contributed by atoms with Gasteiger partial charge in [0.25, 0.3) is 5.91 Å². The fraction of sp³-hybridized carbons (Fsp3) is 0.407. The Hall–Kier alpha value is -7.55. The maximum absolute atomic E-state index is 12.5. The fourth-order valence-corrected chi connectivity index (χ4v) is 10.6. The number of ether oxygens (including phenoxy) is 4. The van der Waals surface area contributed by atoms with E-state index in [0.717, 1.165) is 102 Å². The van der Waals surface area contributed by atoms with Crippen molar-refractivity contribution in [3.63, 3.8) is 0 Å². The summed E-state index contributed by atoms with van der Waals surface area (Å²) in [5, 5.41) is 14.7. The SMILES string of the molecule is CCCC1=NN(C)C2C(=O)NC(Cc3ccc(N(CC)CC)cc3)=NC12.COc1ccc2c(C3CCc4ccc(C)cc43)ncnc2c1OC.COc1ccc2c(NC(C)CC3=CC(C)=CC3)ncnc2c1OC. The number of aryl methyl sites for hydroxylation is 2. The number of allylic oxidation sites excluding steroid dienone is 3. The lowest BCUT2D eigenvalue weighted by Crippen LogP contribution is -2.54. The number of hydrazone groups is 1. The van der Waals surface area contributed by atoms with E-state index >= 15 is 0 Å². The highest BCUT2D eigenvalue weighted by atomic mass is 16.5. The Bertz CT molecular complexity index is 3090. The van der Waals surface area contributed by atoms with Gasteiger partial charge in [0, 0.05) is 55.0 Å². The molecule has 0 spiro atoms. The first-order valence-corrected chi connectivity index (χ1v) is 25.9. The molecule has 388 valence electrons. The monoisotopic (exact) mass is 1000 g/mol. The first kappa shape index (κ1) is 52.8. The smallest absolute Gasteiger partial charge is 0.252 e. The van der Waals surface area contributed by atoms with Gasteiger partial charge in [-0.25, -0.2) is 19.9 Å². The third-order valence-electron chi connectivity index (χ3n) is 14.2. The Labute approximate surface area is 436 Å². The van der Waals surface area contributed by atoms with Crippen molar-refractivity contribution in [3.05, 3.63) is 131 Å². The number of aromatic nitrogens is 4. The molecule has 10 rings (SSSR count). The van der Waals surface area contributed by atoms with Crippen molar-refractivity contribution in [1.29, 1.82) is 0 Å². The molecule has 0 bridgehead atoms. The molecule has 4 heterocycles. The van der Waals surface area contributed by atoms with E-state index in [2.05, 4.69) is 137 Å². The van der Waals surface area contributed by atoms with E-state index in [1.807, 2.05) is 31.3 Å². The molecule has 6 aromatic rings. The van der Waals surface area contributed by atoms with E-state index in [1.165, 1.54) is 33.5 Å². The summed E-state index contributed by atoms with van der Waals surface area (Å²) < 4.78 is 21.8. The van der Waals surface area contributed by atoms with E-state index in [-0.39, 0.29) is 24.0 Å². The molecule has 1 amide bonds. The van der Waals surface area contributed by atoms with Crippen LogP contribution in [0.25, 0.3) is 21.8 Å². The number of nitrogens with zero attached hydrogens (tertiary/aromatic N) is 8. The molecule has 0 radical (unpaired) electrons. The van der Waals surface area contributed by atoms with E-state index in [1.54, 1.807) is 46.1 Å². The van der Waals surface area contributed by atoms with E-state index in [4.69, 9.17) is 23.9 Å². The topological polar surface area (TPSA) is 161 Å². The molecular formula is C59H72N10O5. The summed E-state index contributed by atoms with van der Waals surface area (Å²) in [6.07, 6.45) is 14.5. The number of methoxy groups -OCH3 is 4. The van der Waals surface area contributed by atoms with Crippen molar-refractivity contribution in [2.45, 2.75) is 111 Å². The quantitative estimate of drug-likeness (QED) is 0.0946. The van der Waals surface area contributed by atoms with Crippen LogP contribution in [0.5, 0.6) is 23.0 Å². The predicted octanol–water partition coefficient (Wildman–Crippen LogP) is 10.6. The molecule has 2 N–H and O–H groups in total. The summed E-state index contributed by atoms with van der Waals surface area (Å²) in [5.74, 6) is 4.52. The average Bonchev–Trinajstić information content (AvgIpc) is 4.12. The van der Waals surface area contributed by atoms with Crippen LogP contribution in [0.3, 0.4) is 0 Å². The minimum Gasteiger partial charge on any atom is -0.493 e. The summed E-state index contributed by atoms with van der Waals surface area (Å²) in [4.78, 5) is 37.6. The van der Waals surface area contributed by atoms with Gasteiger partial charge >= 0.3 is 0 Å². The number of nitrogens with one attached hydrogen (secondary N) is 2. The molecule has 0 saturated carbocycles. The highest BCUT2D eigenvalue weighted by Crippen LogP contribution is 2.43. The molecular weight excluding hydrogens is 929 g/mol. The van der Waals surface area contributed by atoms with E-state index < -0.39 is 0 Å². The minimum absolute atomic E-state index is 0.00267. The van der Waals surface area contributed by atoms with Gasteiger partial charge in [0.1, 0.15) is 41.4 Å². The Morgan fingerprint density at radius 3 is 2.14 bits per heavy atom. The zero-order chi connectivity index (χ0) is 52.5. The standard InChI is InChI=1S/C20H29N5O.C20H20N2O2.C19H23N3O2/c1-5-8-16-18-19(24(4)23-16)20(26)22-17(21-18)13-14-9-11-15(12-10-14)25(6-2)7-3;1-12-4-5-13-6-7-14(16(13)10-12)18-15-8-9-17(23-2)20(24-3)19(15)22-11-21-18;1-12-5-6-14(9-12)10-13(2)22-19-15-7-8-16(23-3)18(24-4)17(15)20-11-21-19/h9-12,18-19H,5-8,13H2,1-4H3,(H,21,22,26);4-5,8-11,14H,6-7H2,1-3H3;5,7-9,11,13H,6,10H2,1-4H3,(H,20,21,22). The van der Waals surface area contributed by atoms with Crippen LogP contribution in [-0.2, 0) is 17.6 Å². The van der Waals surface area contributed by atoms with Crippen LogP contribution in [0.2, 0.25) is 0 Å².